The third-order valence-electron chi connectivity index (χ3n) is 3.77. The van der Waals surface area contributed by atoms with Gasteiger partial charge in [0, 0.05) is 12.2 Å². The zero-order valence-electron chi connectivity index (χ0n) is 12.0. The molecule has 1 heterocycles. The van der Waals surface area contributed by atoms with Crippen LogP contribution in [0.3, 0.4) is 0 Å². The van der Waals surface area contributed by atoms with Gasteiger partial charge in [-0.05, 0) is 50.8 Å². The molecule has 0 radical (unpaired) electrons. The Morgan fingerprint density at radius 3 is 3.00 bits per heavy atom. The Hall–Kier alpha value is -1.39. The molecule has 1 aromatic carbocycles. The van der Waals surface area contributed by atoms with Gasteiger partial charge in [0.2, 0.25) is 0 Å². The Labute approximate surface area is 123 Å². The van der Waals surface area contributed by atoms with Gasteiger partial charge in [-0.25, -0.2) is 4.98 Å². The smallest absolute Gasteiger partial charge is 0.190 e. The van der Waals surface area contributed by atoms with Gasteiger partial charge in [0.15, 0.2) is 5.13 Å². The summed E-state index contributed by atoms with van der Waals surface area (Å²) in [6.45, 7) is 5.12. The van der Waals surface area contributed by atoms with E-state index in [1.807, 2.05) is 0 Å². The molecule has 1 aliphatic carbocycles. The number of aryl methyl sites for hydroxylation is 2. The van der Waals surface area contributed by atoms with Crippen molar-refractivity contribution >= 4 is 22.2 Å². The first kappa shape index (κ1) is 13.6. The van der Waals surface area contributed by atoms with Gasteiger partial charge in [-0.1, -0.05) is 23.5 Å². The molecule has 0 amide bonds. The summed E-state index contributed by atoms with van der Waals surface area (Å²) in [5.41, 5.74) is 3.52. The van der Waals surface area contributed by atoms with Crippen LogP contribution in [0.4, 0.5) is 10.8 Å². The van der Waals surface area contributed by atoms with Crippen molar-refractivity contribution in [2.24, 2.45) is 0 Å². The number of nitrogens with zero attached hydrogens (tertiary/aromatic N) is 2. The average molecular weight is 288 g/mol. The molecule has 106 valence electrons. The zero-order valence-corrected chi connectivity index (χ0v) is 12.8. The summed E-state index contributed by atoms with van der Waals surface area (Å²) >= 11 is 1.64. The third kappa shape index (κ3) is 2.45. The van der Waals surface area contributed by atoms with Gasteiger partial charge >= 0.3 is 0 Å². The van der Waals surface area contributed by atoms with E-state index in [1.165, 1.54) is 11.3 Å². The lowest BCUT2D eigenvalue weighted by Gasteiger charge is -2.20. The number of anilines is 2. The highest BCUT2D eigenvalue weighted by atomic mass is 32.1. The zero-order chi connectivity index (χ0) is 14.1. The van der Waals surface area contributed by atoms with Crippen LogP contribution in [-0.2, 0) is 6.42 Å². The first-order valence-corrected chi connectivity index (χ1v) is 8.02. The molecule has 0 spiro atoms. The van der Waals surface area contributed by atoms with E-state index in [1.54, 1.807) is 11.3 Å². The van der Waals surface area contributed by atoms with E-state index >= 15 is 0 Å². The lowest BCUT2D eigenvalue weighted by atomic mass is 10.0. The molecule has 3 nitrogen and oxygen atoms in total. The third-order valence-corrected chi connectivity index (χ3v) is 4.99. The van der Waals surface area contributed by atoms with Crippen LogP contribution in [0.5, 0.6) is 0 Å². The number of fused-ring (bicyclic) bond motifs is 1. The number of thiazole rings is 1. The van der Waals surface area contributed by atoms with Crippen molar-refractivity contribution in [2.75, 3.05) is 11.4 Å². The van der Waals surface area contributed by atoms with Crippen LogP contribution >= 0.6 is 11.3 Å². The number of hydrogen-bond donors (Lipinski definition) is 1. The highest BCUT2D eigenvalue weighted by Gasteiger charge is 2.24. The SMILES string of the molecule is CCN(c1cccc(C)c1)c1nc2c(s1)C(O)CCC2. The van der Waals surface area contributed by atoms with E-state index in [9.17, 15) is 5.11 Å². The second-order valence-electron chi connectivity index (χ2n) is 5.30. The predicted molar refractivity (Wildman–Crippen MR) is 83.9 cm³/mol. The van der Waals surface area contributed by atoms with Crippen molar-refractivity contribution in [1.82, 2.24) is 4.98 Å². The summed E-state index contributed by atoms with van der Waals surface area (Å²) in [5.74, 6) is 0. The maximum Gasteiger partial charge on any atom is 0.190 e. The standard InChI is InChI=1S/C16H20N2OS/c1-3-18(12-7-4-6-11(2)10-12)16-17-13-8-5-9-14(19)15(13)20-16/h4,6-7,10,14,19H,3,5,8-9H2,1-2H3. The molecule has 4 heteroatoms. The van der Waals surface area contributed by atoms with Gasteiger partial charge in [-0.2, -0.15) is 0 Å². The van der Waals surface area contributed by atoms with Crippen LogP contribution in [0.15, 0.2) is 24.3 Å². The molecule has 1 N–H and O–H groups in total. The van der Waals surface area contributed by atoms with Gasteiger partial charge in [0.05, 0.1) is 16.7 Å². The maximum atomic E-state index is 10.1. The van der Waals surface area contributed by atoms with Crippen molar-refractivity contribution in [3.63, 3.8) is 0 Å². The molecular formula is C16H20N2OS. The van der Waals surface area contributed by atoms with Crippen molar-refractivity contribution in [3.8, 4) is 0 Å². The molecular weight excluding hydrogens is 268 g/mol. The number of benzene rings is 1. The second-order valence-corrected chi connectivity index (χ2v) is 6.31. The molecule has 3 rings (SSSR count). The van der Waals surface area contributed by atoms with Crippen LogP contribution in [0.2, 0.25) is 0 Å². The highest BCUT2D eigenvalue weighted by molar-refractivity contribution is 7.15. The number of aliphatic hydroxyl groups is 1. The fourth-order valence-corrected chi connectivity index (χ4v) is 3.94. The van der Waals surface area contributed by atoms with Gasteiger partial charge < -0.3 is 10.0 Å². The molecule has 0 bridgehead atoms. The minimum Gasteiger partial charge on any atom is -0.388 e. The fraction of sp³-hybridized carbons (Fsp3) is 0.438. The quantitative estimate of drug-likeness (QED) is 0.928. The minimum atomic E-state index is -0.318. The number of aromatic nitrogens is 1. The molecule has 1 atom stereocenters. The molecule has 0 saturated heterocycles. The van der Waals surface area contributed by atoms with Gasteiger partial charge in [-0.3, -0.25) is 0 Å². The Morgan fingerprint density at radius 2 is 2.30 bits per heavy atom. The fourth-order valence-electron chi connectivity index (χ4n) is 2.72. The molecule has 1 unspecified atom stereocenters. The first-order valence-electron chi connectivity index (χ1n) is 7.21. The van der Waals surface area contributed by atoms with Crippen LogP contribution in [0.25, 0.3) is 0 Å². The monoisotopic (exact) mass is 288 g/mol. The van der Waals surface area contributed by atoms with Gasteiger partial charge in [-0.15, -0.1) is 0 Å². The lowest BCUT2D eigenvalue weighted by molar-refractivity contribution is 0.160. The van der Waals surface area contributed by atoms with E-state index in [2.05, 4.69) is 43.0 Å². The average Bonchev–Trinajstić information content (AvgIpc) is 2.85. The molecule has 1 aliphatic rings. The lowest BCUT2D eigenvalue weighted by Crippen LogP contribution is -2.15. The highest BCUT2D eigenvalue weighted by Crippen LogP contribution is 2.39. The van der Waals surface area contributed by atoms with Crippen LogP contribution < -0.4 is 4.90 Å². The van der Waals surface area contributed by atoms with E-state index in [4.69, 9.17) is 4.98 Å². The Balaban J connectivity index is 1.98. The van der Waals surface area contributed by atoms with E-state index in [0.29, 0.717) is 0 Å². The summed E-state index contributed by atoms with van der Waals surface area (Å²) in [5, 5.41) is 11.1. The number of rotatable bonds is 3. The summed E-state index contributed by atoms with van der Waals surface area (Å²) in [6, 6.07) is 8.48. The molecule has 2 aromatic rings. The van der Waals surface area contributed by atoms with E-state index in [0.717, 1.165) is 41.5 Å². The van der Waals surface area contributed by atoms with Crippen molar-refractivity contribution in [2.45, 2.75) is 39.2 Å². The molecule has 20 heavy (non-hydrogen) atoms. The Morgan fingerprint density at radius 1 is 1.45 bits per heavy atom. The summed E-state index contributed by atoms with van der Waals surface area (Å²) in [7, 11) is 0. The first-order chi connectivity index (χ1) is 9.69. The second kappa shape index (κ2) is 5.54. The largest absolute Gasteiger partial charge is 0.388 e. The normalized spacial score (nSPS) is 17.9. The summed E-state index contributed by atoms with van der Waals surface area (Å²) in [4.78, 5) is 8.05. The minimum absolute atomic E-state index is 0.318. The summed E-state index contributed by atoms with van der Waals surface area (Å²) in [6.07, 6.45) is 2.58. The van der Waals surface area contributed by atoms with Crippen LogP contribution in [0.1, 0.15) is 42.0 Å². The van der Waals surface area contributed by atoms with E-state index < -0.39 is 0 Å². The van der Waals surface area contributed by atoms with Crippen molar-refractivity contribution in [3.05, 3.63) is 40.4 Å². The van der Waals surface area contributed by atoms with Crippen molar-refractivity contribution in [1.29, 1.82) is 0 Å². The Kier molecular flexibility index (Phi) is 3.76. The van der Waals surface area contributed by atoms with Crippen LogP contribution in [-0.4, -0.2) is 16.6 Å². The van der Waals surface area contributed by atoms with E-state index in [-0.39, 0.29) is 6.10 Å². The Bertz CT molecular complexity index is 608. The van der Waals surface area contributed by atoms with Gasteiger partial charge in [0.25, 0.3) is 0 Å². The van der Waals surface area contributed by atoms with Crippen molar-refractivity contribution < 1.29 is 5.11 Å². The van der Waals surface area contributed by atoms with Crippen LogP contribution in [0, 0.1) is 6.92 Å². The number of aliphatic hydroxyl groups excluding tert-OH is 1. The summed E-state index contributed by atoms with van der Waals surface area (Å²) < 4.78 is 0. The molecule has 0 fully saturated rings. The number of hydrogen-bond acceptors (Lipinski definition) is 4. The molecule has 1 aromatic heterocycles. The molecule has 0 aliphatic heterocycles. The topological polar surface area (TPSA) is 36.4 Å². The molecule has 0 saturated carbocycles. The predicted octanol–water partition coefficient (Wildman–Crippen LogP) is 3.98. The van der Waals surface area contributed by atoms with Gasteiger partial charge in [0.1, 0.15) is 0 Å². The maximum absolute atomic E-state index is 10.1.